The van der Waals surface area contributed by atoms with Crippen LogP contribution in [0.5, 0.6) is 0 Å². The monoisotopic (exact) mass is 998 g/mol. The van der Waals surface area contributed by atoms with Crippen LogP contribution >= 0.6 is 0 Å². The molecule has 418 valence electrons. The summed E-state index contributed by atoms with van der Waals surface area (Å²) in [5.74, 6) is -0.0618. The van der Waals surface area contributed by atoms with Gasteiger partial charge in [-0.15, -0.1) is 0 Å². The first-order valence-corrected chi connectivity index (χ1v) is 31.8. The highest BCUT2D eigenvalue weighted by molar-refractivity contribution is 5.76. The molecule has 0 fully saturated rings. The molecule has 71 heavy (non-hydrogen) atoms. The van der Waals surface area contributed by atoms with Crippen molar-refractivity contribution in [2.24, 2.45) is 0 Å². The van der Waals surface area contributed by atoms with E-state index in [1.54, 1.807) is 6.08 Å². The van der Waals surface area contributed by atoms with Crippen molar-refractivity contribution in [3.05, 3.63) is 36.5 Å². The van der Waals surface area contributed by atoms with E-state index >= 15 is 0 Å². The van der Waals surface area contributed by atoms with E-state index in [9.17, 15) is 19.8 Å². The smallest absolute Gasteiger partial charge is 0.305 e. The van der Waals surface area contributed by atoms with E-state index in [2.05, 4.69) is 43.5 Å². The molecule has 0 heterocycles. The molecule has 0 saturated carbocycles. The molecule has 0 bridgehead atoms. The molecule has 0 aliphatic rings. The third-order valence-electron chi connectivity index (χ3n) is 14.6. The van der Waals surface area contributed by atoms with Crippen molar-refractivity contribution in [3.63, 3.8) is 0 Å². The molecule has 2 unspecified atom stereocenters. The first-order valence-electron chi connectivity index (χ1n) is 31.8. The van der Waals surface area contributed by atoms with Crippen LogP contribution < -0.4 is 5.32 Å². The Labute approximate surface area is 443 Å². The number of esters is 1. The summed E-state index contributed by atoms with van der Waals surface area (Å²) < 4.78 is 5.50. The second kappa shape index (κ2) is 60.6. The Morgan fingerprint density at radius 2 is 0.662 bits per heavy atom. The minimum absolute atomic E-state index is 0.0101. The predicted octanol–water partition coefficient (Wildman–Crippen LogP) is 20.0. The second-order valence-electron chi connectivity index (χ2n) is 21.7. The van der Waals surface area contributed by atoms with E-state index in [-0.39, 0.29) is 18.5 Å². The van der Waals surface area contributed by atoms with Gasteiger partial charge in [0.25, 0.3) is 0 Å². The molecule has 0 saturated heterocycles. The van der Waals surface area contributed by atoms with Gasteiger partial charge < -0.3 is 20.3 Å². The van der Waals surface area contributed by atoms with Crippen LogP contribution in [0, 0.1) is 0 Å². The summed E-state index contributed by atoms with van der Waals surface area (Å²) in [6.07, 6.45) is 76.3. The first-order chi connectivity index (χ1) is 35.0. The van der Waals surface area contributed by atoms with Gasteiger partial charge in [-0.3, -0.25) is 9.59 Å². The zero-order chi connectivity index (χ0) is 51.4. The summed E-state index contributed by atoms with van der Waals surface area (Å²) in [4.78, 5) is 24.5. The molecule has 6 heteroatoms. The van der Waals surface area contributed by atoms with Crippen LogP contribution in [0.2, 0.25) is 0 Å². The molecule has 0 aliphatic carbocycles. The number of aliphatic hydroxyl groups excluding tert-OH is 2. The first kappa shape index (κ1) is 69.1. The average Bonchev–Trinajstić information content (AvgIpc) is 3.37. The zero-order valence-electron chi connectivity index (χ0n) is 47.7. The van der Waals surface area contributed by atoms with Gasteiger partial charge in [-0.25, -0.2) is 0 Å². The highest BCUT2D eigenvalue weighted by atomic mass is 16.5. The fourth-order valence-electron chi connectivity index (χ4n) is 9.74. The number of unbranched alkanes of at least 4 members (excludes halogenated alkanes) is 44. The predicted molar refractivity (Wildman–Crippen MR) is 310 cm³/mol. The maximum atomic E-state index is 12.4. The van der Waals surface area contributed by atoms with Crippen LogP contribution in [0.4, 0.5) is 0 Å². The summed E-state index contributed by atoms with van der Waals surface area (Å²) >= 11 is 0. The SMILES string of the molecule is CCCCCCCCC/C=C\CCCCCCCCCC(=O)OCCCCCCCCCCCCCC/C=C\CCCCCCCCCCCC(=O)NC(CO)C(O)/C=C/CCCCCCCCCCC. The van der Waals surface area contributed by atoms with Crippen molar-refractivity contribution in [2.75, 3.05) is 13.2 Å². The quantitative estimate of drug-likeness (QED) is 0.0321. The number of carbonyl (C=O) groups is 2. The highest BCUT2D eigenvalue weighted by Crippen LogP contribution is 2.17. The summed E-state index contributed by atoms with van der Waals surface area (Å²) in [7, 11) is 0. The van der Waals surface area contributed by atoms with Crippen LogP contribution in [0.1, 0.15) is 341 Å². The summed E-state index contributed by atoms with van der Waals surface area (Å²) in [6.45, 7) is 4.90. The fraction of sp³-hybridized carbons (Fsp3) is 0.877. The molecule has 6 nitrogen and oxygen atoms in total. The van der Waals surface area contributed by atoms with Crippen LogP contribution in [0.15, 0.2) is 36.5 Å². The fourth-order valence-corrected chi connectivity index (χ4v) is 9.74. The summed E-state index contributed by atoms with van der Waals surface area (Å²) in [6, 6.07) is -0.629. The van der Waals surface area contributed by atoms with Crippen molar-refractivity contribution in [2.45, 2.75) is 353 Å². The molecule has 0 spiro atoms. The molecule has 0 aliphatic heterocycles. The molecule has 3 N–H and O–H groups in total. The van der Waals surface area contributed by atoms with Crippen LogP contribution in [0.3, 0.4) is 0 Å². The van der Waals surface area contributed by atoms with Gasteiger partial charge in [0.1, 0.15) is 0 Å². The van der Waals surface area contributed by atoms with Gasteiger partial charge in [0, 0.05) is 12.8 Å². The Balaban J connectivity index is 3.38. The molecular weight excluding hydrogens is 875 g/mol. The van der Waals surface area contributed by atoms with E-state index in [0.29, 0.717) is 19.4 Å². The number of hydrogen-bond acceptors (Lipinski definition) is 5. The van der Waals surface area contributed by atoms with Crippen molar-refractivity contribution >= 4 is 11.9 Å². The highest BCUT2D eigenvalue weighted by Gasteiger charge is 2.18. The third-order valence-corrected chi connectivity index (χ3v) is 14.6. The maximum Gasteiger partial charge on any atom is 0.305 e. The van der Waals surface area contributed by atoms with E-state index < -0.39 is 12.1 Å². The molecule has 0 aromatic heterocycles. The number of rotatable bonds is 59. The maximum absolute atomic E-state index is 12.4. The van der Waals surface area contributed by atoms with Crippen molar-refractivity contribution in [1.29, 1.82) is 0 Å². The summed E-state index contributed by atoms with van der Waals surface area (Å²) in [5, 5.41) is 23.0. The summed E-state index contributed by atoms with van der Waals surface area (Å²) in [5.41, 5.74) is 0. The number of carbonyl (C=O) groups excluding carboxylic acids is 2. The second-order valence-corrected chi connectivity index (χ2v) is 21.7. The van der Waals surface area contributed by atoms with Gasteiger partial charge in [0.05, 0.1) is 25.4 Å². The van der Waals surface area contributed by atoms with Crippen LogP contribution in [0.25, 0.3) is 0 Å². The largest absolute Gasteiger partial charge is 0.466 e. The van der Waals surface area contributed by atoms with Gasteiger partial charge >= 0.3 is 5.97 Å². The lowest BCUT2D eigenvalue weighted by Crippen LogP contribution is -2.45. The Hall–Kier alpha value is -1.92. The van der Waals surface area contributed by atoms with Gasteiger partial charge in [0.15, 0.2) is 0 Å². The number of ether oxygens (including phenoxy) is 1. The van der Waals surface area contributed by atoms with E-state index in [1.807, 2.05) is 6.08 Å². The number of hydrogen-bond donors (Lipinski definition) is 3. The van der Waals surface area contributed by atoms with Gasteiger partial charge in [0.2, 0.25) is 5.91 Å². The Bertz CT molecular complexity index is 1150. The van der Waals surface area contributed by atoms with Gasteiger partial charge in [-0.1, -0.05) is 281 Å². The normalized spacial score (nSPS) is 12.8. The number of allylic oxidation sites excluding steroid dienone is 5. The lowest BCUT2D eigenvalue weighted by Gasteiger charge is -2.20. The number of nitrogens with one attached hydrogen (secondary N) is 1. The molecule has 0 radical (unpaired) electrons. The Morgan fingerprint density at radius 3 is 1.00 bits per heavy atom. The minimum Gasteiger partial charge on any atom is -0.466 e. The van der Waals surface area contributed by atoms with Gasteiger partial charge in [-0.2, -0.15) is 0 Å². The standard InChI is InChI=1S/C65H123NO5/c1-3-5-7-9-11-13-15-16-17-18-29-32-35-39-43-47-51-55-59-65(70)71-60-56-52-48-44-40-36-33-30-27-25-23-21-19-20-22-24-26-28-31-34-38-42-46-50-54-58-64(69)66-62(61-67)63(68)57-53-49-45-41-37-14-12-10-8-6-4-2/h17-18,20,22,53,57,62-63,67-68H,3-16,19,21,23-52,54-56,58-61H2,1-2H3,(H,66,69)/b18-17-,22-20-,57-53+. The third kappa shape index (κ3) is 57.2. The lowest BCUT2D eigenvalue weighted by atomic mass is 10.0. The minimum atomic E-state index is -0.845. The lowest BCUT2D eigenvalue weighted by molar-refractivity contribution is -0.143. The molecular formula is C65H123NO5. The van der Waals surface area contributed by atoms with Crippen LogP contribution in [-0.4, -0.2) is 47.4 Å². The molecule has 0 aromatic carbocycles. The molecule has 0 rings (SSSR count). The number of aliphatic hydroxyl groups is 2. The molecule has 2 atom stereocenters. The van der Waals surface area contributed by atoms with E-state index in [1.165, 1.54) is 270 Å². The van der Waals surface area contributed by atoms with E-state index in [4.69, 9.17) is 4.74 Å². The average molecular weight is 999 g/mol. The van der Waals surface area contributed by atoms with Crippen LogP contribution in [-0.2, 0) is 14.3 Å². The van der Waals surface area contributed by atoms with Crippen molar-refractivity contribution in [1.82, 2.24) is 5.32 Å². The number of amides is 1. The molecule has 1 amide bonds. The van der Waals surface area contributed by atoms with E-state index in [0.717, 1.165) is 44.9 Å². The van der Waals surface area contributed by atoms with Crippen molar-refractivity contribution < 1.29 is 24.5 Å². The zero-order valence-corrected chi connectivity index (χ0v) is 47.7. The molecule has 0 aromatic rings. The Morgan fingerprint density at radius 1 is 0.380 bits per heavy atom. The topological polar surface area (TPSA) is 95.9 Å². The van der Waals surface area contributed by atoms with Crippen molar-refractivity contribution in [3.8, 4) is 0 Å². The van der Waals surface area contributed by atoms with Gasteiger partial charge in [-0.05, 0) is 83.5 Å². The Kier molecular flexibility index (Phi) is 59.0.